The number of piperazine rings is 1. The van der Waals surface area contributed by atoms with Crippen LogP contribution < -0.4 is 5.32 Å². The van der Waals surface area contributed by atoms with Gasteiger partial charge in [-0.1, -0.05) is 19.8 Å². The molecule has 3 rings (SSSR count). The van der Waals surface area contributed by atoms with E-state index in [1.165, 1.54) is 64.6 Å². The number of rotatable bonds is 3. The third-order valence-corrected chi connectivity index (χ3v) is 5.31. The number of hydrogen-bond donors (Lipinski definition) is 1. The third kappa shape index (κ3) is 2.45. The van der Waals surface area contributed by atoms with Crippen LogP contribution in [0.3, 0.4) is 0 Å². The Morgan fingerprint density at radius 1 is 1.28 bits per heavy atom. The Morgan fingerprint density at radius 3 is 2.78 bits per heavy atom. The van der Waals surface area contributed by atoms with Crippen molar-refractivity contribution in [3.05, 3.63) is 0 Å². The molecule has 0 aromatic heterocycles. The van der Waals surface area contributed by atoms with Crippen molar-refractivity contribution in [1.29, 1.82) is 0 Å². The fraction of sp³-hybridized carbons (Fsp3) is 1.00. The van der Waals surface area contributed by atoms with Crippen LogP contribution in [0.4, 0.5) is 0 Å². The molecule has 3 fully saturated rings. The zero-order valence-corrected chi connectivity index (χ0v) is 11.8. The van der Waals surface area contributed by atoms with Crippen LogP contribution >= 0.6 is 0 Å². The van der Waals surface area contributed by atoms with Crippen molar-refractivity contribution >= 4 is 0 Å². The first kappa shape index (κ1) is 12.9. The molecule has 0 bridgehead atoms. The summed E-state index contributed by atoms with van der Waals surface area (Å²) in [6.07, 6.45) is 9.92. The smallest absolute Gasteiger partial charge is 0.0703 e. The molecular weight excluding hydrogens is 224 g/mol. The van der Waals surface area contributed by atoms with Crippen molar-refractivity contribution in [2.24, 2.45) is 0 Å². The summed E-state index contributed by atoms with van der Waals surface area (Å²) < 4.78 is 5.87. The van der Waals surface area contributed by atoms with E-state index in [2.05, 4.69) is 17.1 Å². The van der Waals surface area contributed by atoms with E-state index in [1.54, 1.807) is 0 Å². The lowest BCUT2D eigenvalue weighted by atomic mass is 9.90. The first-order valence-electron chi connectivity index (χ1n) is 7.92. The van der Waals surface area contributed by atoms with Gasteiger partial charge in [-0.05, 0) is 32.1 Å². The average Bonchev–Trinajstić information content (AvgIpc) is 3.04. The van der Waals surface area contributed by atoms with Crippen molar-refractivity contribution in [3.8, 4) is 0 Å². The van der Waals surface area contributed by atoms with Crippen LogP contribution in [0, 0.1) is 0 Å². The molecule has 1 aliphatic carbocycles. The standard InChI is InChI=1S/C15H28N2O/c1-2-13-10-17(11-14-6-5-9-18-14)15(12-16-13)7-3-4-8-15/h13-14,16H,2-12H2,1H3. The van der Waals surface area contributed by atoms with E-state index in [0.717, 1.165) is 6.61 Å². The maximum absolute atomic E-state index is 5.87. The van der Waals surface area contributed by atoms with E-state index in [9.17, 15) is 0 Å². The molecule has 1 saturated carbocycles. The monoisotopic (exact) mass is 252 g/mol. The zero-order valence-electron chi connectivity index (χ0n) is 11.8. The highest BCUT2D eigenvalue weighted by Gasteiger charge is 2.43. The van der Waals surface area contributed by atoms with Gasteiger partial charge >= 0.3 is 0 Å². The van der Waals surface area contributed by atoms with E-state index < -0.39 is 0 Å². The molecule has 0 radical (unpaired) electrons. The number of hydrogen-bond acceptors (Lipinski definition) is 3. The number of nitrogens with zero attached hydrogens (tertiary/aromatic N) is 1. The molecular formula is C15H28N2O. The van der Waals surface area contributed by atoms with Gasteiger partial charge in [0.25, 0.3) is 0 Å². The van der Waals surface area contributed by atoms with Crippen LogP contribution in [0.25, 0.3) is 0 Å². The van der Waals surface area contributed by atoms with Gasteiger partial charge in [0.2, 0.25) is 0 Å². The molecule has 1 spiro atoms. The van der Waals surface area contributed by atoms with E-state index in [4.69, 9.17) is 4.74 Å². The van der Waals surface area contributed by atoms with Crippen molar-refractivity contribution < 1.29 is 4.74 Å². The first-order valence-corrected chi connectivity index (χ1v) is 7.92. The third-order valence-electron chi connectivity index (χ3n) is 5.31. The average molecular weight is 252 g/mol. The molecule has 3 nitrogen and oxygen atoms in total. The Morgan fingerprint density at radius 2 is 2.11 bits per heavy atom. The summed E-state index contributed by atoms with van der Waals surface area (Å²) in [6, 6.07) is 0.692. The highest BCUT2D eigenvalue weighted by atomic mass is 16.5. The Hall–Kier alpha value is -0.120. The van der Waals surface area contributed by atoms with Gasteiger partial charge in [0.05, 0.1) is 6.10 Å². The molecule has 2 unspecified atom stereocenters. The minimum atomic E-state index is 0.470. The molecule has 0 amide bonds. The fourth-order valence-corrected chi connectivity index (χ4v) is 4.07. The van der Waals surface area contributed by atoms with Gasteiger partial charge in [0, 0.05) is 37.8 Å². The van der Waals surface area contributed by atoms with E-state index >= 15 is 0 Å². The first-order chi connectivity index (χ1) is 8.82. The van der Waals surface area contributed by atoms with Crippen molar-refractivity contribution in [3.63, 3.8) is 0 Å². The van der Waals surface area contributed by atoms with Crippen molar-refractivity contribution in [1.82, 2.24) is 10.2 Å². The summed E-state index contributed by atoms with van der Waals surface area (Å²) in [6.45, 7) is 6.91. The van der Waals surface area contributed by atoms with Crippen LogP contribution in [-0.4, -0.2) is 48.8 Å². The van der Waals surface area contributed by atoms with Gasteiger partial charge in [0.1, 0.15) is 0 Å². The molecule has 2 aliphatic heterocycles. The highest BCUT2D eigenvalue weighted by molar-refractivity contribution is 5.02. The van der Waals surface area contributed by atoms with E-state index in [1.807, 2.05) is 0 Å². The van der Waals surface area contributed by atoms with Crippen LogP contribution in [0.2, 0.25) is 0 Å². The predicted octanol–water partition coefficient (Wildman–Crippen LogP) is 2.16. The van der Waals surface area contributed by atoms with Gasteiger partial charge in [-0.25, -0.2) is 0 Å². The summed E-state index contributed by atoms with van der Waals surface area (Å²) in [5.74, 6) is 0. The summed E-state index contributed by atoms with van der Waals surface area (Å²) in [5, 5.41) is 3.77. The maximum Gasteiger partial charge on any atom is 0.0703 e. The molecule has 0 aromatic rings. The molecule has 3 aliphatic rings. The second-order valence-corrected chi connectivity index (χ2v) is 6.46. The minimum Gasteiger partial charge on any atom is -0.377 e. The Labute approximate surface area is 111 Å². The van der Waals surface area contributed by atoms with Gasteiger partial charge in [0.15, 0.2) is 0 Å². The SMILES string of the molecule is CCC1CN(CC2CCCO2)C2(CCCC2)CN1. The largest absolute Gasteiger partial charge is 0.377 e. The summed E-state index contributed by atoms with van der Waals surface area (Å²) >= 11 is 0. The summed E-state index contributed by atoms with van der Waals surface area (Å²) in [5.41, 5.74) is 0.470. The molecule has 18 heavy (non-hydrogen) atoms. The van der Waals surface area contributed by atoms with Crippen molar-refractivity contribution in [2.75, 3.05) is 26.2 Å². The summed E-state index contributed by atoms with van der Waals surface area (Å²) in [4.78, 5) is 2.79. The molecule has 2 saturated heterocycles. The maximum atomic E-state index is 5.87. The Kier molecular flexibility index (Phi) is 3.92. The van der Waals surface area contributed by atoms with E-state index in [-0.39, 0.29) is 0 Å². The lowest BCUT2D eigenvalue weighted by Crippen LogP contribution is -2.64. The highest BCUT2D eigenvalue weighted by Crippen LogP contribution is 2.37. The minimum absolute atomic E-state index is 0.470. The fourth-order valence-electron chi connectivity index (χ4n) is 4.07. The molecule has 2 heterocycles. The molecule has 104 valence electrons. The Balaban J connectivity index is 1.67. The summed E-state index contributed by atoms with van der Waals surface area (Å²) in [7, 11) is 0. The molecule has 1 N–H and O–H groups in total. The van der Waals surface area contributed by atoms with Crippen molar-refractivity contribution in [2.45, 2.75) is 69.6 Å². The van der Waals surface area contributed by atoms with Crippen LogP contribution in [0.15, 0.2) is 0 Å². The number of nitrogens with one attached hydrogen (secondary N) is 1. The predicted molar refractivity (Wildman–Crippen MR) is 73.8 cm³/mol. The van der Waals surface area contributed by atoms with Crippen LogP contribution in [0.5, 0.6) is 0 Å². The molecule has 3 heteroatoms. The molecule has 0 aromatic carbocycles. The second-order valence-electron chi connectivity index (χ2n) is 6.46. The second kappa shape index (κ2) is 5.48. The quantitative estimate of drug-likeness (QED) is 0.833. The van der Waals surface area contributed by atoms with Crippen LogP contribution in [-0.2, 0) is 4.74 Å². The van der Waals surface area contributed by atoms with Crippen LogP contribution in [0.1, 0.15) is 51.9 Å². The normalized spacial score (nSPS) is 36.5. The van der Waals surface area contributed by atoms with Gasteiger partial charge in [-0.15, -0.1) is 0 Å². The number of ether oxygens (including phenoxy) is 1. The lowest BCUT2D eigenvalue weighted by molar-refractivity contribution is -0.00607. The van der Waals surface area contributed by atoms with Gasteiger partial charge in [-0.2, -0.15) is 0 Å². The lowest BCUT2D eigenvalue weighted by Gasteiger charge is -2.49. The molecule has 2 atom stereocenters. The topological polar surface area (TPSA) is 24.5 Å². The van der Waals surface area contributed by atoms with Gasteiger partial charge in [-0.3, -0.25) is 4.90 Å². The zero-order chi connectivity index (χ0) is 12.4. The van der Waals surface area contributed by atoms with Gasteiger partial charge < -0.3 is 10.1 Å². The van der Waals surface area contributed by atoms with E-state index in [0.29, 0.717) is 17.7 Å². The Bertz CT molecular complexity index is 270.